The van der Waals surface area contributed by atoms with Crippen LogP contribution < -0.4 is 5.73 Å². The van der Waals surface area contributed by atoms with E-state index in [9.17, 15) is 4.79 Å². The Morgan fingerprint density at radius 3 is 2.90 bits per heavy atom. The van der Waals surface area contributed by atoms with Crippen molar-refractivity contribution in [3.8, 4) is 0 Å². The Bertz CT molecular complexity index is 172. The maximum absolute atomic E-state index is 10.9. The molecule has 1 aliphatic carbocycles. The molecule has 2 N–H and O–H groups in total. The van der Waals surface area contributed by atoms with Crippen LogP contribution in [0.5, 0.6) is 0 Å². The van der Waals surface area contributed by atoms with E-state index >= 15 is 0 Å². The van der Waals surface area contributed by atoms with Gasteiger partial charge in [0.25, 0.3) is 0 Å². The van der Waals surface area contributed by atoms with E-state index in [2.05, 4.69) is 6.92 Å². The largest absolute Gasteiger partial charge is 0.402 e. The number of hydrogen-bond donors (Lipinski definition) is 1. The van der Waals surface area contributed by atoms with Crippen molar-refractivity contribution in [1.29, 1.82) is 0 Å². The summed E-state index contributed by atoms with van der Waals surface area (Å²) in [5.41, 5.74) is 6.28. The van der Waals surface area contributed by atoms with Crippen LogP contribution in [0.15, 0.2) is 11.8 Å². The second-order valence-electron chi connectivity index (χ2n) is 2.87. The first-order chi connectivity index (χ1) is 4.72. The van der Waals surface area contributed by atoms with E-state index in [1.165, 1.54) is 0 Å². The Balaban J connectivity index is 2.60. The van der Waals surface area contributed by atoms with Crippen molar-refractivity contribution in [2.24, 2.45) is 11.7 Å². The molecule has 1 rings (SSSR count). The van der Waals surface area contributed by atoms with Gasteiger partial charge in [-0.1, -0.05) is 13.3 Å². The van der Waals surface area contributed by atoms with E-state index in [0.29, 0.717) is 12.3 Å². The first-order valence-electron chi connectivity index (χ1n) is 3.71. The number of hydrogen-bond acceptors (Lipinski definition) is 2. The lowest BCUT2D eigenvalue weighted by molar-refractivity contribution is -0.115. The third-order valence-electron chi connectivity index (χ3n) is 1.94. The molecular weight excluding hydrogens is 126 g/mol. The first-order valence-corrected chi connectivity index (χ1v) is 3.71. The number of allylic oxidation sites excluding steroid dienone is 2. The summed E-state index contributed by atoms with van der Waals surface area (Å²) in [6.07, 6.45) is 4.21. The second-order valence-corrected chi connectivity index (χ2v) is 2.87. The fourth-order valence-electron chi connectivity index (χ4n) is 1.30. The average Bonchev–Trinajstić information content (AvgIpc) is 1.85. The molecule has 10 heavy (non-hydrogen) atoms. The molecule has 56 valence electrons. The van der Waals surface area contributed by atoms with E-state index < -0.39 is 0 Å². The molecule has 2 heteroatoms. The van der Waals surface area contributed by atoms with Gasteiger partial charge in [-0.25, -0.2) is 0 Å². The molecule has 0 aromatic carbocycles. The van der Waals surface area contributed by atoms with Gasteiger partial charge in [0.15, 0.2) is 5.78 Å². The highest BCUT2D eigenvalue weighted by Gasteiger charge is 2.16. The summed E-state index contributed by atoms with van der Waals surface area (Å²) in [5, 5.41) is 0. The Hall–Kier alpha value is -0.790. The van der Waals surface area contributed by atoms with Crippen LogP contribution in [0.1, 0.15) is 26.2 Å². The van der Waals surface area contributed by atoms with E-state index in [-0.39, 0.29) is 5.78 Å². The summed E-state index contributed by atoms with van der Waals surface area (Å²) in [5.74, 6) is 0.688. The number of carbonyl (C=O) groups excluding carboxylic acids is 1. The molecule has 0 heterocycles. The molecule has 0 aliphatic heterocycles. The van der Waals surface area contributed by atoms with Crippen molar-refractivity contribution < 1.29 is 4.79 Å². The molecule has 1 unspecified atom stereocenters. The van der Waals surface area contributed by atoms with Gasteiger partial charge in [0, 0.05) is 12.1 Å². The zero-order valence-electron chi connectivity index (χ0n) is 6.26. The van der Waals surface area contributed by atoms with Crippen LogP contribution in [0.3, 0.4) is 0 Å². The fourth-order valence-corrected chi connectivity index (χ4v) is 1.30. The van der Waals surface area contributed by atoms with Crippen LogP contribution in [0.4, 0.5) is 0 Å². The van der Waals surface area contributed by atoms with Crippen LogP contribution >= 0.6 is 0 Å². The summed E-state index contributed by atoms with van der Waals surface area (Å²) < 4.78 is 0. The van der Waals surface area contributed by atoms with Gasteiger partial charge in [-0.05, 0) is 18.4 Å². The van der Waals surface area contributed by atoms with Gasteiger partial charge < -0.3 is 5.73 Å². The first kappa shape index (κ1) is 7.32. The molecule has 0 saturated carbocycles. The summed E-state index contributed by atoms with van der Waals surface area (Å²) >= 11 is 0. The van der Waals surface area contributed by atoms with Crippen molar-refractivity contribution >= 4 is 5.78 Å². The van der Waals surface area contributed by atoms with Crippen LogP contribution in [-0.2, 0) is 4.79 Å². The quantitative estimate of drug-likeness (QED) is 0.593. The highest BCUT2D eigenvalue weighted by molar-refractivity contribution is 5.91. The molecular formula is C8H13NO. The van der Waals surface area contributed by atoms with Gasteiger partial charge >= 0.3 is 0 Å². The van der Waals surface area contributed by atoms with Gasteiger partial charge in [-0.15, -0.1) is 0 Å². The van der Waals surface area contributed by atoms with Crippen molar-refractivity contribution in [1.82, 2.24) is 0 Å². The number of rotatable bonds is 1. The summed E-state index contributed by atoms with van der Waals surface area (Å²) in [6, 6.07) is 0. The maximum Gasteiger partial charge on any atom is 0.157 e. The van der Waals surface area contributed by atoms with E-state index in [0.717, 1.165) is 18.5 Å². The molecule has 0 amide bonds. The molecule has 0 aromatic heterocycles. The predicted octanol–water partition coefficient (Wildman–Crippen LogP) is 1.22. The Kier molecular flexibility index (Phi) is 2.10. The molecule has 0 aromatic rings. The van der Waals surface area contributed by atoms with Gasteiger partial charge in [0.1, 0.15) is 0 Å². The highest BCUT2D eigenvalue weighted by atomic mass is 16.1. The molecule has 0 radical (unpaired) electrons. The third kappa shape index (κ3) is 1.59. The monoisotopic (exact) mass is 139 g/mol. The second kappa shape index (κ2) is 2.86. The SMILES string of the molecule is CCC1CC(=O)C=C(N)C1. The smallest absolute Gasteiger partial charge is 0.157 e. The minimum absolute atomic E-state index is 0.190. The average molecular weight is 139 g/mol. The zero-order valence-corrected chi connectivity index (χ0v) is 6.26. The van der Waals surface area contributed by atoms with E-state index in [1.807, 2.05) is 0 Å². The van der Waals surface area contributed by atoms with Crippen molar-refractivity contribution in [3.05, 3.63) is 11.8 Å². The van der Waals surface area contributed by atoms with Crippen LogP contribution in [0, 0.1) is 5.92 Å². The van der Waals surface area contributed by atoms with Crippen molar-refractivity contribution in [3.63, 3.8) is 0 Å². The summed E-state index contributed by atoms with van der Waals surface area (Å²) in [6.45, 7) is 2.09. The minimum atomic E-state index is 0.190. The standard InChI is InChI=1S/C8H13NO/c1-2-6-3-7(9)5-8(10)4-6/h5-6H,2-4,9H2,1H3. The zero-order chi connectivity index (χ0) is 7.56. The van der Waals surface area contributed by atoms with Gasteiger partial charge in [0.2, 0.25) is 0 Å². The van der Waals surface area contributed by atoms with Gasteiger partial charge in [-0.2, -0.15) is 0 Å². The molecule has 1 aliphatic rings. The van der Waals surface area contributed by atoms with Crippen LogP contribution in [0.2, 0.25) is 0 Å². The normalized spacial score (nSPS) is 26.3. The molecule has 0 bridgehead atoms. The van der Waals surface area contributed by atoms with Crippen LogP contribution in [-0.4, -0.2) is 5.78 Å². The molecule has 0 fully saturated rings. The van der Waals surface area contributed by atoms with E-state index in [1.54, 1.807) is 6.08 Å². The maximum atomic E-state index is 10.9. The fraction of sp³-hybridized carbons (Fsp3) is 0.625. The topological polar surface area (TPSA) is 43.1 Å². The summed E-state index contributed by atoms with van der Waals surface area (Å²) in [4.78, 5) is 10.9. The molecule has 0 spiro atoms. The highest BCUT2D eigenvalue weighted by Crippen LogP contribution is 2.21. The van der Waals surface area contributed by atoms with Gasteiger partial charge in [-0.3, -0.25) is 4.79 Å². The van der Waals surface area contributed by atoms with Crippen LogP contribution in [0.25, 0.3) is 0 Å². The van der Waals surface area contributed by atoms with Crippen molar-refractivity contribution in [2.75, 3.05) is 0 Å². The number of carbonyl (C=O) groups is 1. The molecule has 1 atom stereocenters. The molecule has 2 nitrogen and oxygen atoms in total. The lowest BCUT2D eigenvalue weighted by Crippen LogP contribution is -2.17. The Labute approximate surface area is 61.1 Å². The summed E-state index contributed by atoms with van der Waals surface area (Å²) in [7, 11) is 0. The predicted molar refractivity (Wildman–Crippen MR) is 40.3 cm³/mol. The lowest BCUT2D eigenvalue weighted by atomic mass is 9.90. The minimum Gasteiger partial charge on any atom is -0.402 e. The van der Waals surface area contributed by atoms with Crippen molar-refractivity contribution in [2.45, 2.75) is 26.2 Å². The third-order valence-corrected chi connectivity index (χ3v) is 1.94. The number of nitrogens with two attached hydrogens (primary N) is 1. The Morgan fingerprint density at radius 1 is 1.70 bits per heavy atom. The number of ketones is 1. The Morgan fingerprint density at radius 2 is 2.40 bits per heavy atom. The lowest BCUT2D eigenvalue weighted by Gasteiger charge is -2.17. The van der Waals surface area contributed by atoms with Gasteiger partial charge in [0.05, 0.1) is 0 Å². The van der Waals surface area contributed by atoms with E-state index in [4.69, 9.17) is 5.73 Å². The molecule has 0 saturated heterocycles.